The average Bonchev–Trinajstić information content (AvgIpc) is 3.36. The van der Waals surface area contributed by atoms with E-state index in [0.29, 0.717) is 16.8 Å². The van der Waals surface area contributed by atoms with Gasteiger partial charge in [-0.3, -0.25) is 14.8 Å². The molecule has 0 aliphatic carbocycles. The Kier molecular flexibility index (Phi) is 4.59. The normalized spacial score (nSPS) is 11.2. The van der Waals surface area contributed by atoms with Crippen LogP contribution in [0.5, 0.6) is 5.75 Å². The Morgan fingerprint density at radius 3 is 2.76 bits per heavy atom. The molecule has 0 atom stereocenters. The molecule has 0 unspecified atom stereocenters. The molecule has 148 valence electrons. The van der Waals surface area contributed by atoms with E-state index in [9.17, 15) is 9.59 Å². The number of nitrogens with zero attached hydrogens (tertiary/aromatic N) is 4. The summed E-state index contributed by atoms with van der Waals surface area (Å²) in [4.78, 5) is 24.8. The Morgan fingerprint density at radius 2 is 2.03 bits per heavy atom. The molecule has 0 fully saturated rings. The molecule has 29 heavy (non-hydrogen) atoms. The molecular weight excluding hydrogens is 378 g/mol. The third-order valence-corrected chi connectivity index (χ3v) is 4.19. The molecule has 0 saturated heterocycles. The van der Waals surface area contributed by atoms with Crippen LogP contribution in [-0.4, -0.2) is 33.0 Å². The van der Waals surface area contributed by atoms with Gasteiger partial charge in [0, 0.05) is 17.6 Å². The zero-order chi connectivity index (χ0) is 20.5. The lowest BCUT2D eigenvalue weighted by molar-refractivity contribution is 0.102. The van der Waals surface area contributed by atoms with Crippen molar-refractivity contribution in [2.45, 2.75) is 19.9 Å². The number of carbonyl (C=O) groups excluding carboxylic acids is 1. The predicted molar refractivity (Wildman–Crippen MR) is 103 cm³/mol. The van der Waals surface area contributed by atoms with Crippen molar-refractivity contribution in [1.29, 1.82) is 0 Å². The van der Waals surface area contributed by atoms with Gasteiger partial charge < -0.3 is 13.6 Å². The number of aromatic nitrogens is 4. The van der Waals surface area contributed by atoms with E-state index in [1.165, 1.54) is 13.2 Å². The van der Waals surface area contributed by atoms with Gasteiger partial charge >= 0.3 is 11.6 Å². The number of benzene rings is 1. The number of fused-ring (bicyclic) bond motifs is 1. The van der Waals surface area contributed by atoms with Gasteiger partial charge in [0.15, 0.2) is 11.3 Å². The Hall–Kier alpha value is -3.95. The van der Waals surface area contributed by atoms with Crippen molar-refractivity contribution < 1.29 is 18.4 Å². The van der Waals surface area contributed by atoms with E-state index in [2.05, 4.69) is 20.6 Å². The first-order chi connectivity index (χ1) is 14.0. The van der Waals surface area contributed by atoms with Gasteiger partial charge in [-0.25, -0.2) is 4.79 Å². The Morgan fingerprint density at radius 1 is 1.21 bits per heavy atom. The summed E-state index contributed by atoms with van der Waals surface area (Å²) < 4.78 is 17.6. The van der Waals surface area contributed by atoms with Gasteiger partial charge in [-0.05, 0) is 32.0 Å². The van der Waals surface area contributed by atoms with Crippen LogP contribution in [0.25, 0.3) is 22.6 Å². The van der Waals surface area contributed by atoms with Crippen molar-refractivity contribution in [2.75, 3.05) is 12.4 Å². The topological polar surface area (TPSA) is 125 Å². The number of para-hydroxylation sites is 1. The molecule has 4 aromatic rings. The fraction of sp³-hybridized carbons (Fsp3) is 0.211. The van der Waals surface area contributed by atoms with E-state index in [1.54, 1.807) is 35.1 Å². The Balaban J connectivity index is 1.59. The summed E-state index contributed by atoms with van der Waals surface area (Å²) >= 11 is 0. The van der Waals surface area contributed by atoms with Crippen LogP contribution in [0.4, 0.5) is 6.01 Å². The van der Waals surface area contributed by atoms with Gasteiger partial charge in [0.05, 0.1) is 7.11 Å². The van der Waals surface area contributed by atoms with Crippen molar-refractivity contribution in [3.8, 4) is 17.3 Å². The molecule has 10 heteroatoms. The zero-order valence-corrected chi connectivity index (χ0v) is 15.9. The summed E-state index contributed by atoms with van der Waals surface area (Å²) in [6.45, 7) is 3.97. The molecule has 0 aliphatic heterocycles. The van der Waals surface area contributed by atoms with E-state index in [0.717, 1.165) is 0 Å². The molecule has 0 bridgehead atoms. The maximum atomic E-state index is 12.5. The highest BCUT2D eigenvalue weighted by Gasteiger charge is 2.19. The molecule has 0 aliphatic rings. The summed E-state index contributed by atoms with van der Waals surface area (Å²) in [6.07, 6.45) is 1.79. The third kappa shape index (κ3) is 3.47. The zero-order valence-electron chi connectivity index (χ0n) is 15.9. The van der Waals surface area contributed by atoms with Gasteiger partial charge in [-0.1, -0.05) is 17.2 Å². The van der Waals surface area contributed by atoms with Crippen LogP contribution in [0, 0.1) is 0 Å². The van der Waals surface area contributed by atoms with Crippen LogP contribution < -0.4 is 15.7 Å². The van der Waals surface area contributed by atoms with E-state index < -0.39 is 11.5 Å². The summed E-state index contributed by atoms with van der Waals surface area (Å²) in [6, 6.07) is 8.25. The van der Waals surface area contributed by atoms with E-state index in [4.69, 9.17) is 13.6 Å². The van der Waals surface area contributed by atoms with Crippen LogP contribution in [0.2, 0.25) is 0 Å². The van der Waals surface area contributed by atoms with Crippen molar-refractivity contribution >= 4 is 22.9 Å². The monoisotopic (exact) mass is 395 g/mol. The predicted octanol–water partition coefficient (Wildman–Crippen LogP) is 2.88. The van der Waals surface area contributed by atoms with Crippen molar-refractivity contribution in [3.05, 3.63) is 52.5 Å². The first-order valence-electron chi connectivity index (χ1n) is 8.77. The van der Waals surface area contributed by atoms with Gasteiger partial charge in [0.1, 0.15) is 11.3 Å². The molecule has 0 saturated carbocycles. The number of carbonyl (C=O) groups is 1. The average molecular weight is 395 g/mol. The molecule has 4 rings (SSSR count). The smallest absolute Gasteiger partial charge is 0.349 e. The van der Waals surface area contributed by atoms with Crippen molar-refractivity contribution in [3.63, 3.8) is 0 Å². The second kappa shape index (κ2) is 7.23. The number of nitrogens with one attached hydrogen (secondary N) is 1. The quantitative estimate of drug-likeness (QED) is 0.511. The first kappa shape index (κ1) is 18.4. The van der Waals surface area contributed by atoms with E-state index >= 15 is 0 Å². The van der Waals surface area contributed by atoms with E-state index in [-0.39, 0.29) is 29.1 Å². The van der Waals surface area contributed by atoms with Crippen LogP contribution in [0.15, 0.2) is 50.2 Å². The highest BCUT2D eigenvalue weighted by atomic mass is 16.5. The fourth-order valence-electron chi connectivity index (χ4n) is 2.72. The Labute approximate surface area is 164 Å². The Bertz CT molecular complexity index is 1250. The second-order valence-electron chi connectivity index (χ2n) is 6.47. The number of ether oxygens (including phenoxy) is 1. The van der Waals surface area contributed by atoms with Crippen LogP contribution >= 0.6 is 0 Å². The second-order valence-corrected chi connectivity index (χ2v) is 6.47. The maximum absolute atomic E-state index is 12.5. The molecule has 1 aromatic carbocycles. The van der Waals surface area contributed by atoms with Crippen LogP contribution in [0.1, 0.15) is 30.2 Å². The van der Waals surface area contributed by atoms with Gasteiger partial charge in [-0.2, -0.15) is 5.10 Å². The van der Waals surface area contributed by atoms with Crippen LogP contribution in [-0.2, 0) is 0 Å². The fourth-order valence-corrected chi connectivity index (χ4v) is 2.72. The van der Waals surface area contributed by atoms with Gasteiger partial charge in [0.25, 0.3) is 11.8 Å². The summed E-state index contributed by atoms with van der Waals surface area (Å²) in [5.41, 5.74) is -0.272. The molecule has 1 N–H and O–H groups in total. The highest BCUT2D eigenvalue weighted by molar-refractivity contribution is 6.04. The minimum Gasteiger partial charge on any atom is -0.493 e. The molecular formula is C19H17N5O5. The first-order valence-corrected chi connectivity index (χ1v) is 8.77. The molecule has 3 heterocycles. The van der Waals surface area contributed by atoms with Crippen LogP contribution in [0.3, 0.4) is 0 Å². The molecule has 3 aromatic heterocycles. The maximum Gasteiger partial charge on any atom is 0.349 e. The molecule has 10 nitrogen and oxygen atoms in total. The summed E-state index contributed by atoms with van der Waals surface area (Å²) in [7, 11) is 1.47. The standard InChI is InChI=1S/C19H17N5O5/c1-10(2)24-8-7-13(23-24)17-21-22-19(29-17)20-16(25)12-9-11-5-4-6-14(27-3)15(11)28-18(12)26/h4-10H,1-3H3,(H,20,22,25). The third-order valence-electron chi connectivity index (χ3n) is 4.19. The summed E-state index contributed by atoms with van der Waals surface area (Å²) in [5.74, 6) is -0.185. The molecule has 0 spiro atoms. The minimum atomic E-state index is -0.810. The number of hydrogen-bond donors (Lipinski definition) is 1. The molecule has 1 amide bonds. The van der Waals surface area contributed by atoms with Gasteiger partial charge in [-0.15, -0.1) is 5.10 Å². The number of anilines is 1. The number of amides is 1. The van der Waals surface area contributed by atoms with Crippen molar-refractivity contribution in [2.24, 2.45) is 0 Å². The highest BCUT2D eigenvalue weighted by Crippen LogP contribution is 2.25. The number of hydrogen-bond acceptors (Lipinski definition) is 8. The SMILES string of the molecule is COc1cccc2cc(C(=O)Nc3nnc(-c4ccn(C(C)C)n4)o3)c(=O)oc12. The lowest BCUT2D eigenvalue weighted by Gasteiger charge is -2.05. The minimum absolute atomic E-state index is 0.148. The lowest BCUT2D eigenvalue weighted by atomic mass is 10.1. The van der Waals surface area contributed by atoms with E-state index in [1.807, 2.05) is 13.8 Å². The van der Waals surface area contributed by atoms with Gasteiger partial charge in [0.2, 0.25) is 0 Å². The summed E-state index contributed by atoms with van der Waals surface area (Å²) in [5, 5.41) is 14.9. The lowest BCUT2D eigenvalue weighted by Crippen LogP contribution is -2.20. The number of rotatable bonds is 5. The van der Waals surface area contributed by atoms with Crippen molar-refractivity contribution in [1.82, 2.24) is 20.0 Å². The largest absolute Gasteiger partial charge is 0.493 e. The number of methoxy groups -OCH3 is 1. The molecule has 0 radical (unpaired) electrons.